The molecule has 1 heteroatoms. The molecule has 0 heterocycles. The van der Waals surface area contributed by atoms with Gasteiger partial charge in [0.1, 0.15) is 0 Å². The van der Waals surface area contributed by atoms with Crippen molar-refractivity contribution in [3.63, 3.8) is 0 Å². The molecule has 1 nitrogen and oxygen atoms in total. The molecule has 210 valence electrons. The second kappa shape index (κ2) is 10.5. The van der Waals surface area contributed by atoms with E-state index in [0.717, 1.165) is 68.2 Å². The van der Waals surface area contributed by atoms with Crippen LogP contribution in [-0.2, 0) is 5.41 Å². The molecule has 4 aromatic rings. The standard InChI is InChI=1S/C40H45N/c1-27(2)41(37-24-14-22-31(28-15-6-5-7-16-28)39(37)30-19-10-11-20-30)38-26-36-34(25-33(38)29-17-8-9-18-29)32-21-12-13-23-35(32)40(36,3)4/h5-7,12-16,21-27,29-30H,8-11,17-20H2,1-4H3/i29D,30D. The maximum absolute atomic E-state index is 9.92. The molecule has 0 aromatic heterocycles. The van der Waals surface area contributed by atoms with E-state index in [4.69, 9.17) is 0 Å². The summed E-state index contributed by atoms with van der Waals surface area (Å²) in [6, 6.07) is 31.2. The van der Waals surface area contributed by atoms with Gasteiger partial charge in [-0.05, 0) is 114 Å². The predicted molar refractivity (Wildman–Crippen MR) is 176 cm³/mol. The van der Waals surface area contributed by atoms with Crippen LogP contribution in [0.4, 0.5) is 11.4 Å². The number of rotatable bonds is 6. The summed E-state index contributed by atoms with van der Waals surface area (Å²) in [4.78, 5) is 2.51. The zero-order chi connectivity index (χ0) is 30.0. The minimum absolute atomic E-state index is 0.121. The number of fused-ring (bicyclic) bond motifs is 3. The van der Waals surface area contributed by atoms with E-state index in [0.29, 0.717) is 0 Å². The van der Waals surface area contributed by atoms with Crippen molar-refractivity contribution in [1.29, 1.82) is 0 Å². The van der Waals surface area contributed by atoms with Gasteiger partial charge in [-0.2, -0.15) is 0 Å². The number of hydrogen-bond acceptors (Lipinski definition) is 1. The fourth-order valence-corrected chi connectivity index (χ4v) is 8.00. The number of hydrogen-bond donors (Lipinski definition) is 0. The normalized spacial score (nSPS) is 20.4. The first-order valence-corrected chi connectivity index (χ1v) is 15.9. The molecule has 0 radical (unpaired) electrons. The maximum Gasteiger partial charge on any atom is 0.0454 e. The van der Waals surface area contributed by atoms with Crippen molar-refractivity contribution < 1.29 is 2.74 Å². The highest BCUT2D eigenvalue weighted by Crippen LogP contribution is 2.54. The quantitative estimate of drug-likeness (QED) is 0.235. The minimum atomic E-state index is -0.632. The highest BCUT2D eigenvalue weighted by molar-refractivity contribution is 5.86. The highest BCUT2D eigenvalue weighted by Gasteiger charge is 2.38. The second-order valence-corrected chi connectivity index (χ2v) is 13.2. The third kappa shape index (κ3) is 4.44. The Labute approximate surface area is 250 Å². The van der Waals surface area contributed by atoms with Crippen LogP contribution in [0.5, 0.6) is 0 Å². The van der Waals surface area contributed by atoms with Crippen molar-refractivity contribution in [2.45, 2.75) is 102 Å². The fourth-order valence-electron chi connectivity index (χ4n) is 8.00. The first-order valence-electron chi connectivity index (χ1n) is 16.9. The van der Waals surface area contributed by atoms with Crippen LogP contribution in [0.2, 0.25) is 0 Å². The van der Waals surface area contributed by atoms with E-state index in [1.807, 2.05) is 0 Å². The van der Waals surface area contributed by atoms with Crippen molar-refractivity contribution >= 4 is 11.4 Å². The van der Waals surface area contributed by atoms with Crippen LogP contribution in [-0.4, -0.2) is 6.04 Å². The molecule has 41 heavy (non-hydrogen) atoms. The van der Waals surface area contributed by atoms with Crippen molar-refractivity contribution in [2.24, 2.45) is 0 Å². The lowest BCUT2D eigenvalue weighted by Crippen LogP contribution is -2.29. The molecular weight excluding hydrogens is 494 g/mol. The zero-order valence-electron chi connectivity index (χ0n) is 27.3. The predicted octanol–water partition coefficient (Wildman–Crippen LogP) is 11.5. The van der Waals surface area contributed by atoms with Crippen LogP contribution in [0.25, 0.3) is 22.3 Å². The van der Waals surface area contributed by atoms with Crippen molar-refractivity contribution in [3.8, 4) is 22.3 Å². The van der Waals surface area contributed by atoms with Gasteiger partial charge in [-0.25, -0.2) is 0 Å². The largest absolute Gasteiger partial charge is 0.338 e. The number of anilines is 2. The van der Waals surface area contributed by atoms with Crippen molar-refractivity contribution in [1.82, 2.24) is 0 Å². The summed E-state index contributed by atoms with van der Waals surface area (Å²) in [5.41, 5.74) is 12.2. The summed E-state index contributed by atoms with van der Waals surface area (Å²) in [6.07, 6.45) is 7.97. The van der Waals surface area contributed by atoms with Gasteiger partial charge in [-0.3, -0.25) is 0 Å². The van der Waals surface area contributed by atoms with Gasteiger partial charge in [0.15, 0.2) is 0 Å². The summed E-state index contributed by atoms with van der Waals surface area (Å²) in [7, 11) is 0. The molecule has 0 aliphatic heterocycles. The van der Waals surface area contributed by atoms with Gasteiger partial charge >= 0.3 is 0 Å². The van der Waals surface area contributed by atoms with E-state index in [1.54, 1.807) is 0 Å². The molecule has 0 spiro atoms. The maximum atomic E-state index is 9.92. The van der Waals surface area contributed by atoms with Gasteiger partial charge in [0, 0.05) is 25.6 Å². The summed E-state index contributed by atoms with van der Waals surface area (Å²) < 4.78 is 19.8. The molecule has 2 fully saturated rings. The van der Waals surface area contributed by atoms with Crippen LogP contribution in [0.1, 0.15) is 116 Å². The van der Waals surface area contributed by atoms with E-state index in [9.17, 15) is 2.74 Å². The third-order valence-corrected chi connectivity index (χ3v) is 10.0. The van der Waals surface area contributed by atoms with Crippen LogP contribution < -0.4 is 4.90 Å². The lowest BCUT2D eigenvalue weighted by atomic mass is 9.81. The first-order chi connectivity index (χ1) is 20.6. The summed E-state index contributed by atoms with van der Waals surface area (Å²) in [6.45, 7) is 9.27. The van der Waals surface area contributed by atoms with E-state index in [1.165, 1.54) is 39.1 Å². The van der Waals surface area contributed by atoms with Crippen LogP contribution in [0.15, 0.2) is 84.9 Å². The monoisotopic (exact) mass is 541 g/mol. The van der Waals surface area contributed by atoms with Gasteiger partial charge < -0.3 is 4.90 Å². The third-order valence-electron chi connectivity index (χ3n) is 10.0. The molecule has 4 aromatic carbocycles. The topological polar surface area (TPSA) is 3.24 Å². The van der Waals surface area contributed by atoms with Gasteiger partial charge in [-0.15, -0.1) is 0 Å². The molecule has 0 atom stereocenters. The zero-order valence-corrected chi connectivity index (χ0v) is 25.3. The van der Waals surface area contributed by atoms with Gasteiger partial charge in [0.05, 0.1) is 0 Å². The summed E-state index contributed by atoms with van der Waals surface area (Å²) in [5, 5.41) is 0. The van der Waals surface area contributed by atoms with Crippen molar-refractivity contribution in [3.05, 3.63) is 107 Å². The van der Waals surface area contributed by atoms with Gasteiger partial charge in [0.2, 0.25) is 0 Å². The Morgan fingerprint density at radius 1 is 0.659 bits per heavy atom. The average molecular weight is 542 g/mol. The van der Waals surface area contributed by atoms with E-state index in [-0.39, 0.29) is 11.5 Å². The smallest absolute Gasteiger partial charge is 0.0454 e. The Balaban J connectivity index is 1.52. The average Bonchev–Trinajstić information content (AvgIpc) is 3.71. The Hall–Kier alpha value is -3.32. The fraction of sp³-hybridized carbons (Fsp3) is 0.400. The second-order valence-electron chi connectivity index (χ2n) is 13.2. The highest BCUT2D eigenvalue weighted by atomic mass is 15.2. The number of nitrogens with zero attached hydrogens (tertiary/aromatic N) is 1. The molecule has 0 N–H and O–H groups in total. The Morgan fingerprint density at radius 2 is 1.29 bits per heavy atom. The molecule has 2 saturated carbocycles. The summed E-state index contributed by atoms with van der Waals surface area (Å²) in [5.74, 6) is -1.24. The Kier molecular flexibility index (Phi) is 6.22. The summed E-state index contributed by atoms with van der Waals surface area (Å²) >= 11 is 0. The SMILES string of the molecule is [2H]C1(c2cc3c(cc2N(c2cccc(-c4ccccc4)c2C2([2H])CCCC2)C(C)C)C(C)(C)c2ccccc2-3)CCCC1. The molecule has 3 aliphatic rings. The molecular formula is C40H45N. The Bertz CT molecular complexity index is 1660. The van der Waals surface area contributed by atoms with Gasteiger partial charge in [0.25, 0.3) is 0 Å². The first kappa shape index (κ1) is 24.3. The van der Waals surface area contributed by atoms with Crippen LogP contribution >= 0.6 is 0 Å². The van der Waals surface area contributed by atoms with Gasteiger partial charge in [-0.1, -0.05) is 106 Å². The lowest BCUT2D eigenvalue weighted by Gasteiger charge is -2.37. The molecule has 0 unspecified atom stereocenters. The van der Waals surface area contributed by atoms with Crippen LogP contribution in [0, 0.1) is 0 Å². The van der Waals surface area contributed by atoms with Crippen molar-refractivity contribution in [2.75, 3.05) is 4.90 Å². The molecule has 0 bridgehead atoms. The Morgan fingerprint density at radius 3 is 2.00 bits per heavy atom. The van der Waals surface area contributed by atoms with E-state index >= 15 is 0 Å². The number of benzene rings is 4. The molecule has 3 aliphatic carbocycles. The van der Waals surface area contributed by atoms with E-state index < -0.39 is 11.8 Å². The molecule has 0 saturated heterocycles. The molecule has 0 amide bonds. The minimum Gasteiger partial charge on any atom is -0.338 e. The lowest BCUT2D eigenvalue weighted by molar-refractivity contribution is 0.656. The van der Waals surface area contributed by atoms with E-state index in [2.05, 4.69) is 118 Å². The van der Waals surface area contributed by atoms with Crippen LogP contribution in [0.3, 0.4) is 0 Å². The molecule has 7 rings (SSSR count).